The first-order chi connectivity index (χ1) is 11.6. The first kappa shape index (κ1) is 16.6. The summed E-state index contributed by atoms with van der Waals surface area (Å²) in [6.45, 7) is 1.92. The van der Waals surface area contributed by atoms with Gasteiger partial charge in [-0.3, -0.25) is 9.48 Å². The largest absolute Gasteiger partial charge is 0.497 e. The molecule has 24 heavy (non-hydrogen) atoms. The maximum Gasteiger partial charge on any atom is 0.255 e. The lowest BCUT2D eigenvalue weighted by Gasteiger charge is -2.38. The Hall–Kier alpha value is -2.30. The third kappa shape index (κ3) is 3.03. The summed E-state index contributed by atoms with van der Waals surface area (Å²) in [4.78, 5) is 12.9. The molecule has 0 unspecified atom stereocenters. The van der Waals surface area contributed by atoms with Crippen molar-refractivity contribution in [1.29, 1.82) is 0 Å². The fourth-order valence-electron chi connectivity index (χ4n) is 3.56. The van der Waals surface area contributed by atoms with Gasteiger partial charge in [0.15, 0.2) is 0 Å². The molecule has 128 valence electrons. The van der Waals surface area contributed by atoms with Gasteiger partial charge in [0.25, 0.3) is 5.91 Å². The highest BCUT2D eigenvalue weighted by Crippen LogP contribution is 2.38. The first-order valence-corrected chi connectivity index (χ1v) is 8.51. The number of carbonyl (C=O) groups is 1. The van der Waals surface area contributed by atoms with Crippen LogP contribution in [0.5, 0.6) is 5.75 Å². The van der Waals surface area contributed by atoms with Gasteiger partial charge in [-0.2, -0.15) is 5.10 Å². The van der Waals surface area contributed by atoms with Crippen molar-refractivity contribution in [3.05, 3.63) is 47.3 Å². The molecule has 1 aromatic carbocycles. The summed E-state index contributed by atoms with van der Waals surface area (Å²) in [5.74, 6) is 0.789. The quantitative estimate of drug-likeness (QED) is 0.937. The normalized spacial score (nSPS) is 16.6. The smallest absolute Gasteiger partial charge is 0.255 e. The van der Waals surface area contributed by atoms with Crippen molar-refractivity contribution >= 4 is 5.91 Å². The zero-order valence-corrected chi connectivity index (χ0v) is 14.6. The van der Waals surface area contributed by atoms with Crippen LogP contribution in [0.2, 0.25) is 0 Å². The molecule has 1 aromatic heterocycles. The number of benzene rings is 1. The number of methoxy groups -OCH3 is 1. The van der Waals surface area contributed by atoms with Gasteiger partial charge < -0.3 is 10.1 Å². The summed E-state index contributed by atoms with van der Waals surface area (Å²) in [7, 11) is 3.52. The topological polar surface area (TPSA) is 56.1 Å². The van der Waals surface area contributed by atoms with Crippen LogP contribution in [-0.2, 0) is 12.6 Å². The van der Waals surface area contributed by atoms with Crippen LogP contribution in [0.4, 0.5) is 0 Å². The van der Waals surface area contributed by atoms with E-state index >= 15 is 0 Å². The molecule has 0 aliphatic heterocycles. The number of carbonyl (C=O) groups excluding carboxylic acids is 1. The van der Waals surface area contributed by atoms with Gasteiger partial charge >= 0.3 is 0 Å². The summed E-state index contributed by atoms with van der Waals surface area (Å²) < 4.78 is 6.99. The Morgan fingerprint density at radius 1 is 1.21 bits per heavy atom. The molecule has 1 N–H and O–H groups in total. The van der Waals surface area contributed by atoms with Crippen molar-refractivity contribution < 1.29 is 9.53 Å². The molecule has 0 radical (unpaired) electrons. The second-order valence-corrected chi connectivity index (χ2v) is 6.59. The number of amides is 1. The van der Waals surface area contributed by atoms with E-state index in [1.54, 1.807) is 18.0 Å². The second kappa shape index (κ2) is 6.67. The van der Waals surface area contributed by atoms with E-state index < -0.39 is 0 Å². The predicted octanol–water partition coefficient (Wildman–Crippen LogP) is 3.33. The van der Waals surface area contributed by atoms with Gasteiger partial charge in [0.05, 0.1) is 24.4 Å². The molecular formula is C19H25N3O2. The number of aryl methyl sites for hydroxylation is 1. The number of aromatic nitrogens is 2. The lowest BCUT2D eigenvalue weighted by Crippen LogP contribution is -2.47. The van der Waals surface area contributed by atoms with Crippen LogP contribution < -0.4 is 10.1 Å². The minimum Gasteiger partial charge on any atom is -0.497 e. The van der Waals surface area contributed by atoms with Gasteiger partial charge in [-0.05, 0) is 37.5 Å². The van der Waals surface area contributed by atoms with Gasteiger partial charge in [0.2, 0.25) is 0 Å². The maximum absolute atomic E-state index is 12.9. The zero-order chi connectivity index (χ0) is 17.2. The Morgan fingerprint density at radius 3 is 2.42 bits per heavy atom. The van der Waals surface area contributed by atoms with Gasteiger partial charge in [-0.25, -0.2) is 0 Å². The fraction of sp³-hybridized carbons (Fsp3) is 0.474. The lowest BCUT2D eigenvalue weighted by atomic mass is 9.76. The van der Waals surface area contributed by atoms with E-state index in [2.05, 4.69) is 22.5 Å². The van der Waals surface area contributed by atoms with Crippen LogP contribution in [0.3, 0.4) is 0 Å². The molecule has 1 aliphatic carbocycles. The third-order valence-corrected chi connectivity index (χ3v) is 5.18. The van der Waals surface area contributed by atoms with E-state index in [0.717, 1.165) is 42.7 Å². The standard InChI is InChI=1S/C19H25N3O2/c1-14-17(13-20-22(14)2)18(23)21-19(11-5-4-6-12-19)15-7-9-16(24-3)10-8-15/h7-10,13H,4-6,11-12H2,1-3H3,(H,21,23). The minimum absolute atomic E-state index is 0.0432. The van der Waals surface area contributed by atoms with Gasteiger partial charge in [0, 0.05) is 12.7 Å². The second-order valence-electron chi connectivity index (χ2n) is 6.59. The zero-order valence-electron chi connectivity index (χ0n) is 14.6. The molecule has 1 aliphatic rings. The Bertz CT molecular complexity index is 713. The van der Waals surface area contributed by atoms with Crippen molar-refractivity contribution in [2.24, 2.45) is 7.05 Å². The number of ether oxygens (including phenoxy) is 1. The molecule has 2 aromatic rings. The Labute approximate surface area is 143 Å². The van der Waals surface area contributed by atoms with Crippen molar-refractivity contribution in [2.75, 3.05) is 7.11 Å². The fourth-order valence-corrected chi connectivity index (χ4v) is 3.56. The average Bonchev–Trinajstić information content (AvgIpc) is 2.95. The highest BCUT2D eigenvalue weighted by atomic mass is 16.5. The van der Waals surface area contributed by atoms with E-state index in [0.29, 0.717) is 5.56 Å². The van der Waals surface area contributed by atoms with Crippen LogP contribution in [0, 0.1) is 6.92 Å². The molecule has 1 fully saturated rings. The Morgan fingerprint density at radius 2 is 1.88 bits per heavy atom. The van der Waals surface area contributed by atoms with Gasteiger partial charge in [0.1, 0.15) is 5.75 Å². The maximum atomic E-state index is 12.9. The molecule has 0 saturated heterocycles. The van der Waals surface area contributed by atoms with E-state index in [1.165, 1.54) is 6.42 Å². The summed E-state index contributed by atoms with van der Waals surface area (Å²) in [6, 6.07) is 8.07. The van der Waals surface area contributed by atoms with E-state index in [9.17, 15) is 4.79 Å². The molecule has 1 saturated carbocycles. The molecular weight excluding hydrogens is 302 g/mol. The Balaban J connectivity index is 1.90. The molecule has 0 atom stereocenters. The van der Waals surface area contributed by atoms with E-state index in [-0.39, 0.29) is 11.4 Å². The average molecular weight is 327 g/mol. The SMILES string of the molecule is COc1ccc(C2(NC(=O)c3cnn(C)c3C)CCCCC2)cc1. The van der Waals surface area contributed by atoms with Crippen LogP contribution in [0.1, 0.15) is 53.7 Å². The predicted molar refractivity (Wildman–Crippen MR) is 93.2 cm³/mol. The molecule has 5 nitrogen and oxygen atoms in total. The highest BCUT2D eigenvalue weighted by Gasteiger charge is 2.36. The van der Waals surface area contributed by atoms with Crippen LogP contribution >= 0.6 is 0 Å². The summed E-state index contributed by atoms with van der Waals surface area (Å²) in [5, 5.41) is 7.51. The molecule has 1 heterocycles. The highest BCUT2D eigenvalue weighted by molar-refractivity contribution is 5.95. The summed E-state index contributed by atoms with van der Waals surface area (Å²) >= 11 is 0. The van der Waals surface area contributed by atoms with Crippen molar-refractivity contribution in [3.8, 4) is 5.75 Å². The Kier molecular flexibility index (Phi) is 4.60. The molecule has 5 heteroatoms. The van der Waals surface area contributed by atoms with Gasteiger partial charge in [-0.1, -0.05) is 31.4 Å². The summed E-state index contributed by atoms with van der Waals surface area (Å²) in [5.41, 5.74) is 2.38. The first-order valence-electron chi connectivity index (χ1n) is 8.51. The molecule has 3 rings (SSSR count). The number of hydrogen-bond acceptors (Lipinski definition) is 3. The van der Waals surface area contributed by atoms with Crippen molar-refractivity contribution in [2.45, 2.75) is 44.6 Å². The van der Waals surface area contributed by atoms with Crippen LogP contribution in [0.15, 0.2) is 30.5 Å². The number of nitrogens with one attached hydrogen (secondary N) is 1. The minimum atomic E-state index is -0.302. The number of hydrogen-bond donors (Lipinski definition) is 1. The van der Waals surface area contributed by atoms with E-state index in [1.807, 2.05) is 26.1 Å². The summed E-state index contributed by atoms with van der Waals surface area (Å²) in [6.07, 6.45) is 7.04. The van der Waals surface area contributed by atoms with Crippen LogP contribution in [-0.4, -0.2) is 22.8 Å². The van der Waals surface area contributed by atoms with Crippen LogP contribution in [0.25, 0.3) is 0 Å². The number of nitrogens with zero attached hydrogens (tertiary/aromatic N) is 2. The lowest BCUT2D eigenvalue weighted by molar-refractivity contribution is 0.0865. The number of rotatable bonds is 4. The van der Waals surface area contributed by atoms with Crippen molar-refractivity contribution in [3.63, 3.8) is 0 Å². The monoisotopic (exact) mass is 327 g/mol. The molecule has 0 spiro atoms. The van der Waals surface area contributed by atoms with Gasteiger partial charge in [-0.15, -0.1) is 0 Å². The molecule has 1 amide bonds. The third-order valence-electron chi connectivity index (χ3n) is 5.18. The van der Waals surface area contributed by atoms with E-state index in [4.69, 9.17) is 4.74 Å². The van der Waals surface area contributed by atoms with Crippen molar-refractivity contribution in [1.82, 2.24) is 15.1 Å². The molecule has 0 bridgehead atoms.